The Bertz CT molecular complexity index is 515. The molecule has 1 N–H and O–H groups in total. The SMILES string of the molecule is Cc1sc(CC2CCCN2)nc1-c1cccnc1. The second kappa shape index (κ2) is 5.16. The number of thiazole rings is 1. The van der Waals surface area contributed by atoms with Crippen LogP contribution in [-0.2, 0) is 6.42 Å². The van der Waals surface area contributed by atoms with Gasteiger partial charge < -0.3 is 5.32 Å². The van der Waals surface area contributed by atoms with Crippen LogP contribution in [0.25, 0.3) is 11.3 Å². The quantitative estimate of drug-likeness (QED) is 0.921. The highest BCUT2D eigenvalue weighted by Gasteiger charge is 2.17. The molecule has 3 nitrogen and oxygen atoms in total. The van der Waals surface area contributed by atoms with Gasteiger partial charge in [0, 0.05) is 35.3 Å². The molecule has 18 heavy (non-hydrogen) atoms. The summed E-state index contributed by atoms with van der Waals surface area (Å²) in [4.78, 5) is 10.2. The summed E-state index contributed by atoms with van der Waals surface area (Å²) in [6.07, 6.45) is 7.32. The van der Waals surface area contributed by atoms with Gasteiger partial charge in [0.1, 0.15) is 0 Å². The average Bonchev–Trinajstić information content (AvgIpc) is 3.01. The molecule has 0 spiro atoms. The fourth-order valence-corrected chi connectivity index (χ4v) is 3.49. The van der Waals surface area contributed by atoms with Crippen molar-refractivity contribution in [2.45, 2.75) is 32.2 Å². The van der Waals surface area contributed by atoms with Gasteiger partial charge in [-0.05, 0) is 38.4 Å². The first-order chi connectivity index (χ1) is 8.83. The van der Waals surface area contributed by atoms with E-state index in [2.05, 4.69) is 23.3 Å². The lowest BCUT2D eigenvalue weighted by atomic mass is 10.1. The van der Waals surface area contributed by atoms with Crippen molar-refractivity contribution in [2.75, 3.05) is 6.54 Å². The number of nitrogens with one attached hydrogen (secondary N) is 1. The van der Waals surface area contributed by atoms with Crippen molar-refractivity contribution >= 4 is 11.3 Å². The summed E-state index contributed by atoms with van der Waals surface area (Å²) in [5, 5.41) is 4.77. The second-order valence-corrected chi connectivity index (χ2v) is 6.04. The van der Waals surface area contributed by atoms with E-state index < -0.39 is 0 Å². The zero-order valence-electron chi connectivity index (χ0n) is 10.5. The van der Waals surface area contributed by atoms with Crippen LogP contribution in [0.2, 0.25) is 0 Å². The van der Waals surface area contributed by atoms with Crippen LogP contribution in [-0.4, -0.2) is 22.6 Å². The normalized spacial score (nSPS) is 19.3. The smallest absolute Gasteiger partial charge is 0.0950 e. The van der Waals surface area contributed by atoms with E-state index in [1.165, 1.54) is 22.7 Å². The third-order valence-corrected chi connectivity index (χ3v) is 4.35. The number of rotatable bonds is 3. The molecule has 4 heteroatoms. The molecule has 0 aromatic carbocycles. The summed E-state index contributed by atoms with van der Waals surface area (Å²) in [6, 6.07) is 4.66. The van der Waals surface area contributed by atoms with Gasteiger partial charge in [-0.25, -0.2) is 4.98 Å². The average molecular weight is 259 g/mol. The van der Waals surface area contributed by atoms with Crippen molar-refractivity contribution in [1.29, 1.82) is 0 Å². The minimum atomic E-state index is 0.622. The molecule has 1 aliphatic heterocycles. The van der Waals surface area contributed by atoms with E-state index in [0.717, 1.165) is 24.2 Å². The summed E-state index contributed by atoms with van der Waals surface area (Å²) < 4.78 is 0. The van der Waals surface area contributed by atoms with Crippen LogP contribution in [0.4, 0.5) is 0 Å². The number of nitrogens with zero attached hydrogens (tertiary/aromatic N) is 2. The Hall–Kier alpha value is -1.26. The minimum Gasteiger partial charge on any atom is -0.314 e. The van der Waals surface area contributed by atoms with Gasteiger partial charge in [-0.2, -0.15) is 0 Å². The molecule has 3 rings (SSSR count). The van der Waals surface area contributed by atoms with Gasteiger partial charge in [-0.1, -0.05) is 0 Å². The van der Waals surface area contributed by atoms with Crippen molar-refractivity contribution in [1.82, 2.24) is 15.3 Å². The predicted octanol–water partition coefficient (Wildman–Crippen LogP) is 2.81. The number of hydrogen-bond donors (Lipinski definition) is 1. The highest BCUT2D eigenvalue weighted by atomic mass is 32.1. The van der Waals surface area contributed by atoms with E-state index in [0.29, 0.717) is 6.04 Å². The molecule has 1 aliphatic rings. The lowest BCUT2D eigenvalue weighted by Gasteiger charge is -2.06. The van der Waals surface area contributed by atoms with E-state index in [4.69, 9.17) is 4.98 Å². The molecule has 2 aromatic heterocycles. The third kappa shape index (κ3) is 2.44. The third-order valence-electron chi connectivity index (χ3n) is 3.36. The van der Waals surface area contributed by atoms with Crippen LogP contribution in [0.15, 0.2) is 24.5 Å². The molecule has 1 saturated heterocycles. The monoisotopic (exact) mass is 259 g/mol. The van der Waals surface area contributed by atoms with Crippen LogP contribution in [0.3, 0.4) is 0 Å². The second-order valence-electron chi connectivity index (χ2n) is 4.75. The lowest BCUT2D eigenvalue weighted by molar-refractivity contribution is 0.601. The molecule has 0 aliphatic carbocycles. The van der Waals surface area contributed by atoms with Gasteiger partial charge in [0.25, 0.3) is 0 Å². The number of hydrogen-bond acceptors (Lipinski definition) is 4. The van der Waals surface area contributed by atoms with Crippen molar-refractivity contribution in [3.63, 3.8) is 0 Å². The van der Waals surface area contributed by atoms with Crippen LogP contribution < -0.4 is 5.32 Å². The van der Waals surface area contributed by atoms with Gasteiger partial charge in [0.2, 0.25) is 0 Å². The van der Waals surface area contributed by atoms with Crippen molar-refractivity contribution in [2.24, 2.45) is 0 Å². The zero-order chi connectivity index (χ0) is 12.4. The molecular formula is C14H17N3S. The molecule has 1 fully saturated rings. The fourth-order valence-electron chi connectivity index (χ4n) is 2.45. The zero-order valence-corrected chi connectivity index (χ0v) is 11.3. The van der Waals surface area contributed by atoms with E-state index in [9.17, 15) is 0 Å². The molecule has 94 valence electrons. The van der Waals surface area contributed by atoms with Gasteiger partial charge in [-0.3, -0.25) is 4.98 Å². The Morgan fingerprint density at radius 3 is 3.17 bits per heavy atom. The van der Waals surface area contributed by atoms with Gasteiger partial charge >= 0.3 is 0 Å². The van der Waals surface area contributed by atoms with E-state index >= 15 is 0 Å². The molecule has 1 atom stereocenters. The number of aromatic nitrogens is 2. The Morgan fingerprint density at radius 2 is 2.44 bits per heavy atom. The topological polar surface area (TPSA) is 37.8 Å². The Kier molecular flexibility index (Phi) is 3.39. The largest absolute Gasteiger partial charge is 0.314 e. The maximum absolute atomic E-state index is 4.78. The lowest BCUT2D eigenvalue weighted by Crippen LogP contribution is -2.23. The van der Waals surface area contributed by atoms with Crippen LogP contribution >= 0.6 is 11.3 Å². The Morgan fingerprint density at radius 1 is 1.50 bits per heavy atom. The van der Waals surface area contributed by atoms with Crippen LogP contribution in [0, 0.1) is 6.92 Å². The first kappa shape index (κ1) is 11.8. The summed E-state index contributed by atoms with van der Waals surface area (Å²) in [5.41, 5.74) is 2.22. The Labute approximate surface area is 111 Å². The van der Waals surface area contributed by atoms with E-state index in [1.807, 2.05) is 23.6 Å². The molecule has 0 saturated carbocycles. The van der Waals surface area contributed by atoms with Crippen molar-refractivity contribution < 1.29 is 0 Å². The molecule has 1 unspecified atom stereocenters. The molecule has 3 heterocycles. The first-order valence-corrected chi connectivity index (χ1v) is 7.24. The summed E-state index contributed by atoms with van der Waals surface area (Å²) in [5.74, 6) is 0. The molecule has 0 radical (unpaired) electrons. The highest BCUT2D eigenvalue weighted by Crippen LogP contribution is 2.28. The van der Waals surface area contributed by atoms with Crippen molar-refractivity contribution in [3.05, 3.63) is 34.4 Å². The molecular weight excluding hydrogens is 242 g/mol. The molecule has 0 bridgehead atoms. The summed E-state index contributed by atoms with van der Waals surface area (Å²) >= 11 is 1.82. The van der Waals surface area contributed by atoms with Crippen LogP contribution in [0.1, 0.15) is 22.7 Å². The maximum Gasteiger partial charge on any atom is 0.0950 e. The highest BCUT2D eigenvalue weighted by molar-refractivity contribution is 7.12. The van der Waals surface area contributed by atoms with Crippen LogP contribution in [0.5, 0.6) is 0 Å². The van der Waals surface area contributed by atoms with Gasteiger partial charge in [0.15, 0.2) is 0 Å². The molecule has 2 aromatic rings. The van der Waals surface area contributed by atoms with Crippen molar-refractivity contribution in [3.8, 4) is 11.3 Å². The number of pyridine rings is 1. The van der Waals surface area contributed by atoms with Gasteiger partial charge in [-0.15, -0.1) is 11.3 Å². The fraction of sp³-hybridized carbons (Fsp3) is 0.429. The maximum atomic E-state index is 4.78. The summed E-state index contributed by atoms with van der Waals surface area (Å²) in [6.45, 7) is 3.30. The predicted molar refractivity (Wildman–Crippen MR) is 74.8 cm³/mol. The standard InChI is InChI=1S/C14H17N3S/c1-10-14(11-4-2-6-15-9-11)17-13(18-10)8-12-5-3-7-16-12/h2,4,6,9,12,16H,3,5,7-8H2,1H3. The molecule has 0 amide bonds. The number of aryl methyl sites for hydroxylation is 1. The van der Waals surface area contributed by atoms with Gasteiger partial charge in [0.05, 0.1) is 10.7 Å². The first-order valence-electron chi connectivity index (χ1n) is 6.43. The van der Waals surface area contributed by atoms with E-state index in [-0.39, 0.29) is 0 Å². The minimum absolute atomic E-state index is 0.622. The Balaban J connectivity index is 1.82. The summed E-state index contributed by atoms with van der Waals surface area (Å²) in [7, 11) is 0. The van der Waals surface area contributed by atoms with E-state index in [1.54, 1.807) is 6.20 Å².